The summed E-state index contributed by atoms with van der Waals surface area (Å²) in [6.45, 7) is 4.24. The Morgan fingerprint density at radius 3 is 2.33 bits per heavy atom. The Balaban J connectivity index is 2.31. The van der Waals surface area contributed by atoms with E-state index in [2.05, 4.69) is 48.1 Å². The maximum absolute atomic E-state index is 4.45. The molecule has 0 N–H and O–H groups in total. The molecule has 2 heteroatoms. The van der Waals surface area contributed by atoms with Gasteiger partial charge in [-0.1, -0.05) is 41.5 Å². The van der Waals surface area contributed by atoms with Crippen molar-refractivity contribution < 1.29 is 0 Å². The van der Waals surface area contributed by atoms with Gasteiger partial charge in [0.25, 0.3) is 0 Å². The lowest BCUT2D eigenvalue weighted by molar-refractivity contribution is 1.29. The first-order valence-electron chi connectivity index (χ1n) is 6.02. The highest BCUT2D eigenvalue weighted by Crippen LogP contribution is 2.27. The van der Waals surface area contributed by atoms with E-state index >= 15 is 0 Å². The molecule has 0 saturated heterocycles. The van der Waals surface area contributed by atoms with E-state index in [1.54, 1.807) is 12.4 Å². The van der Waals surface area contributed by atoms with Crippen molar-refractivity contribution in [3.8, 4) is 11.1 Å². The van der Waals surface area contributed by atoms with Crippen molar-refractivity contribution in [3.05, 3.63) is 59.9 Å². The smallest absolute Gasteiger partial charge is 0.0965 e. The quantitative estimate of drug-likeness (QED) is 0.638. The molecule has 0 spiro atoms. The van der Waals surface area contributed by atoms with Crippen LogP contribution in [0.3, 0.4) is 0 Å². The predicted molar refractivity (Wildman–Crippen MR) is 74.4 cm³/mol. The lowest BCUT2D eigenvalue weighted by Crippen LogP contribution is -1.88. The van der Waals surface area contributed by atoms with E-state index in [0.717, 1.165) is 16.6 Å². The molecule has 18 heavy (non-hydrogen) atoms. The fourth-order valence-electron chi connectivity index (χ4n) is 2.36. The molecule has 88 valence electrons. The van der Waals surface area contributed by atoms with Crippen molar-refractivity contribution in [3.63, 3.8) is 0 Å². The van der Waals surface area contributed by atoms with E-state index in [1.165, 1.54) is 16.7 Å². The minimum absolute atomic E-state index is 0.939. The van der Waals surface area contributed by atoms with E-state index in [9.17, 15) is 0 Å². The Morgan fingerprint density at radius 1 is 0.833 bits per heavy atom. The number of fused-ring (bicyclic) bond motifs is 1. The highest BCUT2D eigenvalue weighted by Gasteiger charge is 2.06. The van der Waals surface area contributed by atoms with Crippen molar-refractivity contribution in [2.45, 2.75) is 13.8 Å². The zero-order chi connectivity index (χ0) is 12.5. The van der Waals surface area contributed by atoms with Crippen molar-refractivity contribution in [2.75, 3.05) is 0 Å². The van der Waals surface area contributed by atoms with Gasteiger partial charge in [0.15, 0.2) is 0 Å². The van der Waals surface area contributed by atoms with E-state index in [4.69, 9.17) is 0 Å². The van der Waals surface area contributed by atoms with Gasteiger partial charge < -0.3 is 0 Å². The third-order valence-electron chi connectivity index (χ3n) is 3.03. The number of hydrogen-bond acceptors (Lipinski definition) is 2. The van der Waals surface area contributed by atoms with Gasteiger partial charge in [0, 0.05) is 18.0 Å². The molecule has 0 aliphatic carbocycles. The second kappa shape index (κ2) is 4.22. The Labute approximate surface area is 106 Å². The molecule has 0 aliphatic heterocycles. The lowest BCUT2D eigenvalue weighted by atomic mass is 9.99. The summed E-state index contributed by atoms with van der Waals surface area (Å²) >= 11 is 0. The molecule has 3 rings (SSSR count). The molecule has 3 aromatic rings. The molecule has 2 nitrogen and oxygen atoms in total. The summed E-state index contributed by atoms with van der Waals surface area (Å²) in [7, 11) is 0. The number of aryl methyl sites for hydroxylation is 2. The van der Waals surface area contributed by atoms with Crippen molar-refractivity contribution >= 4 is 11.0 Å². The number of aromatic nitrogens is 2. The topological polar surface area (TPSA) is 25.8 Å². The Hall–Kier alpha value is -2.22. The minimum Gasteiger partial charge on any atom is -0.253 e. The third-order valence-corrected chi connectivity index (χ3v) is 3.03. The van der Waals surface area contributed by atoms with Crippen LogP contribution in [0.1, 0.15) is 11.1 Å². The first-order chi connectivity index (χ1) is 8.74. The molecule has 0 amide bonds. The lowest BCUT2D eigenvalue weighted by Gasteiger charge is -2.07. The molecule has 0 aliphatic rings. The molecule has 0 atom stereocenters. The van der Waals surface area contributed by atoms with Crippen molar-refractivity contribution in [1.82, 2.24) is 9.97 Å². The average Bonchev–Trinajstić information content (AvgIpc) is 2.37. The van der Waals surface area contributed by atoms with Gasteiger partial charge in [-0.25, -0.2) is 0 Å². The summed E-state index contributed by atoms with van der Waals surface area (Å²) in [5.74, 6) is 0. The van der Waals surface area contributed by atoms with Gasteiger partial charge in [0.2, 0.25) is 0 Å². The molecular weight excluding hydrogens is 220 g/mol. The van der Waals surface area contributed by atoms with Gasteiger partial charge >= 0.3 is 0 Å². The highest BCUT2D eigenvalue weighted by molar-refractivity contribution is 5.91. The van der Waals surface area contributed by atoms with Crippen LogP contribution in [0.15, 0.2) is 48.8 Å². The van der Waals surface area contributed by atoms with E-state index in [0.29, 0.717) is 0 Å². The standard InChI is InChI=1S/C16H14N2/c1-11-8-12(2)10-13(9-11)14-4-3-5-15-16(14)18-7-6-17-15/h3-10H,1-2H3. The Kier molecular flexibility index (Phi) is 2.56. The molecule has 0 bridgehead atoms. The fraction of sp³-hybridized carbons (Fsp3) is 0.125. The van der Waals surface area contributed by atoms with Crippen LogP contribution < -0.4 is 0 Å². The monoisotopic (exact) mass is 234 g/mol. The minimum atomic E-state index is 0.939. The van der Waals surface area contributed by atoms with Crippen LogP contribution in [-0.2, 0) is 0 Å². The van der Waals surface area contributed by atoms with Crippen LogP contribution in [0, 0.1) is 13.8 Å². The average molecular weight is 234 g/mol. The molecule has 0 unspecified atom stereocenters. The van der Waals surface area contributed by atoms with Crippen LogP contribution in [0.4, 0.5) is 0 Å². The van der Waals surface area contributed by atoms with Crippen molar-refractivity contribution in [2.24, 2.45) is 0 Å². The fourth-order valence-corrected chi connectivity index (χ4v) is 2.36. The van der Waals surface area contributed by atoms with Gasteiger partial charge in [-0.2, -0.15) is 0 Å². The third kappa shape index (κ3) is 1.86. The summed E-state index contributed by atoms with van der Waals surface area (Å²) in [5, 5.41) is 0. The van der Waals surface area contributed by atoms with E-state index < -0.39 is 0 Å². The largest absolute Gasteiger partial charge is 0.253 e. The summed E-state index contributed by atoms with van der Waals surface area (Å²) in [4.78, 5) is 8.80. The molecule has 1 aromatic heterocycles. The van der Waals surface area contributed by atoms with E-state index in [-0.39, 0.29) is 0 Å². The Morgan fingerprint density at radius 2 is 1.56 bits per heavy atom. The summed E-state index contributed by atoms with van der Waals surface area (Å²) in [6.07, 6.45) is 3.47. The molecule has 2 aromatic carbocycles. The van der Waals surface area contributed by atoms with Crippen LogP contribution in [0.5, 0.6) is 0 Å². The van der Waals surface area contributed by atoms with Gasteiger partial charge in [-0.05, 0) is 25.5 Å². The van der Waals surface area contributed by atoms with Gasteiger partial charge in [0.05, 0.1) is 11.0 Å². The predicted octanol–water partition coefficient (Wildman–Crippen LogP) is 3.91. The molecule has 0 radical (unpaired) electrons. The zero-order valence-corrected chi connectivity index (χ0v) is 10.5. The summed E-state index contributed by atoms with van der Waals surface area (Å²) in [6, 6.07) is 12.7. The number of rotatable bonds is 1. The van der Waals surface area contributed by atoms with Crippen molar-refractivity contribution in [1.29, 1.82) is 0 Å². The normalized spacial score (nSPS) is 10.8. The second-order valence-electron chi connectivity index (χ2n) is 4.61. The summed E-state index contributed by atoms with van der Waals surface area (Å²) < 4.78 is 0. The molecule has 0 saturated carbocycles. The number of nitrogens with zero attached hydrogens (tertiary/aromatic N) is 2. The maximum Gasteiger partial charge on any atom is 0.0965 e. The van der Waals surface area contributed by atoms with Gasteiger partial charge in [0.1, 0.15) is 0 Å². The molecule has 1 heterocycles. The van der Waals surface area contributed by atoms with Gasteiger partial charge in [-0.3, -0.25) is 9.97 Å². The first kappa shape index (κ1) is 10.9. The molecular formula is C16H14N2. The van der Waals surface area contributed by atoms with Crippen LogP contribution in [0.25, 0.3) is 22.2 Å². The SMILES string of the molecule is Cc1cc(C)cc(-c2cccc3nccnc23)c1. The summed E-state index contributed by atoms with van der Waals surface area (Å²) in [5.41, 5.74) is 6.79. The number of hydrogen-bond donors (Lipinski definition) is 0. The van der Waals surface area contributed by atoms with E-state index in [1.807, 2.05) is 12.1 Å². The first-order valence-corrected chi connectivity index (χ1v) is 6.02. The molecule has 0 fully saturated rings. The maximum atomic E-state index is 4.45. The zero-order valence-electron chi connectivity index (χ0n) is 10.5. The highest BCUT2D eigenvalue weighted by atomic mass is 14.8. The number of para-hydroxylation sites is 1. The Bertz CT molecular complexity index is 692. The van der Waals surface area contributed by atoms with Crippen LogP contribution in [0.2, 0.25) is 0 Å². The van der Waals surface area contributed by atoms with Gasteiger partial charge in [-0.15, -0.1) is 0 Å². The van der Waals surface area contributed by atoms with Crippen LogP contribution in [-0.4, -0.2) is 9.97 Å². The number of benzene rings is 2. The second-order valence-corrected chi connectivity index (χ2v) is 4.61. The van der Waals surface area contributed by atoms with Crippen LogP contribution >= 0.6 is 0 Å².